The maximum atomic E-state index is 11.6. The van der Waals surface area contributed by atoms with Crippen LogP contribution in [-0.4, -0.2) is 19.1 Å². The minimum Gasteiger partial charge on any atom is -0.294 e. The molecular formula is C10H12N2O5S. The van der Waals surface area contributed by atoms with Gasteiger partial charge in [-0.1, -0.05) is 6.92 Å². The molecule has 2 N–H and O–H groups in total. The van der Waals surface area contributed by atoms with E-state index in [0.717, 1.165) is 18.2 Å². The Morgan fingerprint density at radius 1 is 1.39 bits per heavy atom. The topological polar surface area (TPSA) is 120 Å². The molecule has 0 aliphatic carbocycles. The van der Waals surface area contributed by atoms with Crippen LogP contribution in [0.5, 0.6) is 0 Å². The highest BCUT2D eigenvalue weighted by Gasteiger charge is 2.18. The van der Waals surface area contributed by atoms with E-state index in [1.54, 1.807) is 6.92 Å². The van der Waals surface area contributed by atoms with E-state index >= 15 is 0 Å². The molecule has 1 aromatic rings. The van der Waals surface area contributed by atoms with Gasteiger partial charge in [-0.25, -0.2) is 13.6 Å². The van der Waals surface area contributed by atoms with Crippen LogP contribution in [0.2, 0.25) is 0 Å². The van der Waals surface area contributed by atoms with Crippen molar-refractivity contribution in [3.63, 3.8) is 0 Å². The van der Waals surface area contributed by atoms with Gasteiger partial charge in [0, 0.05) is 24.1 Å². The molecular weight excluding hydrogens is 260 g/mol. The third kappa shape index (κ3) is 3.34. The van der Waals surface area contributed by atoms with Gasteiger partial charge in [0.25, 0.3) is 5.69 Å². The molecule has 0 fully saturated rings. The van der Waals surface area contributed by atoms with E-state index in [-0.39, 0.29) is 17.8 Å². The Kier molecular flexibility index (Phi) is 4.15. The Balaban J connectivity index is 3.41. The molecule has 0 amide bonds. The molecule has 0 saturated heterocycles. The average Bonchev–Trinajstić information content (AvgIpc) is 2.27. The Morgan fingerprint density at radius 3 is 2.44 bits per heavy atom. The summed E-state index contributed by atoms with van der Waals surface area (Å²) in [6.45, 7) is 1.77. The van der Waals surface area contributed by atoms with Crippen molar-refractivity contribution in [2.24, 2.45) is 5.14 Å². The summed E-state index contributed by atoms with van der Waals surface area (Å²) in [5, 5.41) is 15.6. The van der Waals surface area contributed by atoms with Crippen LogP contribution in [-0.2, 0) is 10.0 Å². The lowest BCUT2D eigenvalue weighted by Gasteiger charge is -2.03. The number of ketones is 1. The monoisotopic (exact) mass is 272 g/mol. The Morgan fingerprint density at radius 2 is 2.00 bits per heavy atom. The maximum absolute atomic E-state index is 11.6. The summed E-state index contributed by atoms with van der Waals surface area (Å²) in [5.74, 6) is -0.355. The number of nitrogens with two attached hydrogens (primary N) is 1. The quantitative estimate of drug-likeness (QED) is 0.491. The van der Waals surface area contributed by atoms with Crippen molar-refractivity contribution in [1.29, 1.82) is 0 Å². The molecule has 0 aliphatic rings. The van der Waals surface area contributed by atoms with E-state index in [0.29, 0.717) is 6.42 Å². The maximum Gasteiger partial charge on any atom is 0.271 e. The van der Waals surface area contributed by atoms with Crippen LogP contribution in [0.25, 0.3) is 0 Å². The smallest absolute Gasteiger partial charge is 0.271 e. The lowest BCUT2D eigenvalue weighted by molar-refractivity contribution is -0.385. The first-order valence-electron chi connectivity index (χ1n) is 5.11. The van der Waals surface area contributed by atoms with Crippen LogP contribution in [0.4, 0.5) is 5.69 Å². The summed E-state index contributed by atoms with van der Waals surface area (Å²) in [5.41, 5.74) is -0.490. The minimum absolute atomic E-state index is 0.0184. The fourth-order valence-electron chi connectivity index (χ4n) is 1.39. The van der Waals surface area contributed by atoms with Crippen LogP contribution < -0.4 is 5.14 Å². The van der Waals surface area contributed by atoms with Crippen LogP contribution >= 0.6 is 0 Å². The van der Waals surface area contributed by atoms with Crippen molar-refractivity contribution in [3.05, 3.63) is 33.9 Å². The van der Waals surface area contributed by atoms with E-state index in [1.807, 2.05) is 0 Å². The number of carbonyl (C=O) groups is 1. The average molecular weight is 272 g/mol. The van der Waals surface area contributed by atoms with E-state index in [4.69, 9.17) is 5.14 Å². The number of rotatable bonds is 5. The van der Waals surface area contributed by atoms with Gasteiger partial charge in [0.2, 0.25) is 10.0 Å². The summed E-state index contributed by atoms with van der Waals surface area (Å²) in [6, 6.07) is 2.94. The first kappa shape index (κ1) is 14.3. The van der Waals surface area contributed by atoms with Gasteiger partial charge >= 0.3 is 0 Å². The molecule has 0 atom stereocenters. The Labute approximate surface area is 104 Å². The fourth-order valence-corrected chi connectivity index (χ4v) is 1.96. The van der Waals surface area contributed by atoms with Gasteiger partial charge in [0.1, 0.15) is 0 Å². The number of carbonyl (C=O) groups excluding carboxylic acids is 1. The van der Waals surface area contributed by atoms with Gasteiger partial charge in [-0.2, -0.15) is 0 Å². The summed E-state index contributed by atoms with van der Waals surface area (Å²) < 4.78 is 22.4. The van der Waals surface area contributed by atoms with Gasteiger partial charge in [0.05, 0.1) is 9.82 Å². The molecule has 0 saturated carbocycles. The number of hydrogen-bond acceptors (Lipinski definition) is 5. The zero-order valence-electron chi connectivity index (χ0n) is 9.62. The summed E-state index contributed by atoms with van der Waals surface area (Å²) in [4.78, 5) is 21.1. The number of primary sulfonamides is 1. The second-order valence-corrected chi connectivity index (χ2v) is 5.25. The van der Waals surface area contributed by atoms with Crippen molar-refractivity contribution in [3.8, 4) is 0 Å². The van der Waals surface area contributed by atoms with Gasteiger partial charge in [-0.05, 0) is 12.5 Å². The van der Waals surface area contributed by atoms with Gasteiger partial charge in [-0.3, -0.25) is 14.9 Å². The summed E-state index contributed by atoms with van der Waals surface area (Å²) in [7, 11) is -4.09. The van der Waals surface area contributed by atoms with E-state index in [1.165, 1.54) is 0 Å². The van der Waals surface area contributed by atoms with Crippen molar-refractivity contribution in [1.82, 2.24) is 0 Å². The van der Waals surface area contributed by atoms with Crippen molar-refractivity contribution < 1.29 is 18.1 Å². The Hall–Kier alpha value is -1.80. The highest BCUT2D eigenvalue weighted by molar-refractivity contribution is 7.89. The number of hydrogen-bond donors (Lipinski definition) is 1. The van der Waals surface area contributed by atoms with Crippen LogP contribution in [0.1, 0.15) is 30.1 Å². The highest BCUT2D eigenvalue weighted by Crippen LogP contribution is 2.21. The Bertz CT molecular complexity index is 594. The number of benzene rings is 1. The number of non-ortho nitro benzene ring substituents is 1. The molecule has 0 aromatic heterocycles. The van der Waals surface area contributed by atoms with Crippen LogP contribution in [0.3, 0.4) is 0 Å². The molecule has 1 aromatic carbocycles. The third-order valence-electron chi connectivity index (χ3n) is 2.23. The first-order chi connectivity index (χ1) is 8.25. The molecule has 0 aliphatic heterocycles. The largest absolute Gasteiger partial charge is 0.294 e. The van der Waals surface area contributed by atoms with Crippen molar-refractivity contribution in [2.75, 3.05) is 0 Å². The van der Waals surface area contributed by atoms with E-state index in [2.05, 4.69) is 0 Å². The zero-order chi connectivity index (χ0) is 13.9. The second-order valence-electron chi connectivity index (χ2n) is 3.69. The minimum atomic E-state index is -4.09. The fraction of sp³-hybridized carbons (Fsp3) is 0.300. The summed E-state index contributed by atoms with van der Waals surface area (Å²) >= 11 is 0. The number of nitrogens with zero attached hydrogens (tertiary/aromatic N) is 1. The van der Waals surface area contributed by atoms with Crippen molar-refractivity contribution in [2.45, 2.75) is 24.7 Å². The number of nitro benzene ring substituents is 1. The lowest BCUT2D eigenvalue weighted by Crippen LogP contribution is -2.13. The molecule has 18 heavy (non-hydrogen) atoms. The molecule has 1 rings (SSSR count). The summed E-state index contributed by atoms with van der Waals surface area (Å²) in [6.07, 6.45) is 0.747. The second kappa shape index (κ2) is 5.23. The lowest BCUT2D eigenvalue weighted by atomic mass is 10.1. The molecule has 7 nitrogen and oxygen atoms in total. The highest BCUT2D eigenvalue weighted by atomic mass is 32.2. The van der Waals surface area contributed by atoms with E-state index in [9.17, 15) is 23.3 Å². The number of nitro groups is 1. The third-order valence-corrected chi connectivity index (χ3v) is 3.12. The first-order valence-corrected chi connectivity index (χ1v) is 6.66. The number of sulfonamides is 1. The van der Waals surface area contributed by atoms with Gasteiger partial charge in [0.15, 0.2) is 5.78 Å². The molecule has 0 unspecified atom stereocenters. The van der Waals surface area contributed by atoms with E-state index < -0.39 is 25.5 Å². The predicted octanol–water partition coefficient (Wildman–Crippen LogP) is 1.23. The van der Waals surface area contributed by atoms with Gasteiger partial charge < -0.3 is 0 Å². The van der Waals surface area contributed by atoms with Crippen LogP contribution in [0, 0.1) is 10.1 Å². The normalized spacial score (nSPS) is 11.2. The molecule has 8 heteroatoms. The SMILES string of the molecule is CCCC(=O)c1cc([N+](=O)[O-])cc(S(N)(=O)=O)c1. The van der Waals surface area contributed by atoms with Crippen molar-refractivity contribution >= 4 is 21.5 Å². The molecule has 0 radical (unpaired) electrons. The molecule has 0 bridgehead atoms. The number of Topliss-reactive ketones (excluding diaryl/α,β-unsaturated/α-hetero) is 1. The standard InChI is InChI=1S/C10H12N2O5S/c1-2-3-10(13)7-4-8(12(14)15)6-9(5-7)18(11,16)17/h4-6H,2-3H2,1H3,(H2,11,16,17). The predicted molar refractivity (Wildman–Crippen MR) is 63.7 cm³/mol. The molecule has 0 spiro atoms. The molecule has 0 heterocycles. The zero-order valence-corrected chi connectivity index (χ0v) is 10.4. The van der Waals surface area contributed by atoms with Gasteiger partial charge in [-0.15, -0.1) is 0 Å². The van der Waals surface area contributed by atoms with Crippen LogP contribution in [0.15, 0.2) is 23.1 Å². The molecule has 98 valence electrons.